The van der Waals surface area contributed by atoms with E-state index in [2.05, 4.69) is 20.6 Å². The summed E-state index contributed by atoms with van der Waals surface area (Å²) in [5, 5.41) is 10.2. The monoisotopic (exact) mass is 327 g/mol. The number of nitrogens with one attached hydrogen (secondary N) is 1. The van der Waals surface area contributed by atoms with Crippen molar-refractivity contribution in [1.82, 2.24) is 25.3 Å². The highest BCUT2D eigenvalue weighted by Gasteiger charge is 2.30. The second kappa shape index (κ2) is 6.35. The predicted molar refractivity (Wildman–Crippen MR) is 75.9 cm³/mol. The molecule has 0 unspecified atom stereocenters. The van der Waals surface area contributed by atoms with E-state index in [4.69, 9.17) is 0 Å². The van der Waals surface area contributed by atoms with Crippen LogP contribution in [-0.2, 0) is 6.18 Å². The molecule has 2 aromatic heterocycles. The van der Waals surface area contributed by atoms with E-state index in [0.29, 0.717) is 6.20 Å². The minimum Gasteiger partial charge on any atom is -0.348 e. The molecule has 6 nitrogen and oxygen atoms in total. The summed E-state index contributed by atoms with van der Waals surface area (Å²) in [6.45, 7) is 5.80. The molecule has 0 saturated carbocycles. The second-order valence-electron chi connectivity index (χ2n) is 5.46. The summed E-state index contributed by atoms with van der Waals surface area (Å²) in [5.74, 6) is -0.00334. The Morgan fingerprint density at radius 1 is 1.26 bits per heavy atom. The quantitative estimate of drug-likeness (QED) is 0.936. The lowest BCUT2D eigenvalue weighted by Gasteiger charge is -2.16. The fourth-order valence-electron chi connectivity index (χ4n) is 1.62. The highest BCUT2D eigenvalue weighted by Crippen LogP contribution is 2.28. The van der Waals surface area contributed by atoms with Gasteiger partial charge in [-0.25, -0.2) is 9.67 Å². The van der Waals surface area contributed by atoms with Crippen molar-refractivity contribution < 1.29 is 18.0 Å². The lowest BCUT2D eigenvalue weighted by atomic mass is 10.1. The van der Waals surface area contributed by atoms with Gasteiger partial charge in [0.15, 0.2) is 11.5 Å². The number of nitrogens with zero attached hydrogens (tertiary/aromatic N) is 4. The van der Waals surface area contributed by atoms with E-state index >= 15 is 0 Å². The number of aromatic nitrogens is 4. The maximum atomic E-state index is 12.5. The predicted octanol–water partition coefficient (Wildman–Crippen LogP) is 2.46. The van der Waals surface area contributed by atoms with E-state index < -0.39 is 17.6 Å². The minimum absolute atomic E-state index is 0.0446. The van der Waals surface area contributed by atoms with Gasteiger partial charge in [0.2, 0.25) is 0 Å². The lowest BCUT2D eigenvalue weighted by molar-refractivity contribution is -0.137. The molecule has 1 atom stereocenters. The molecule has 1 N–H and O–H groups in total. The Kier molecular flexibility index (Phi) is 4.67. The summed E-state index contributed by atoms with van der Waals surface area (Å²) in [5.41, 5.74) is -0.788. The molecule has 0 fully saturated rings. The van der Waals surface area contributed by atoms with Gasteiger partial charge in [0.1, 0.15) is 0 Å². The van der Waals surface area contributed by atoms with Gasteiger partial charge < -0.3 is 5.32 Å². The van der Waals surface area contributed by atoms with Crippen LogP contribution < -0.4 is 5.32 Å². The third kappa shape index (κ3) is 4.05. The molecule has 0 aliphatic rings. The van der Waals surface area contributed by atoms with E-state index in [9.17, 15) is 18.0 Å². The van der Waals surface area contributed by atoms with Crippen LogP contribution in [0.15, 0.2) is 24.5 Å². The fraction of sp³-hybridized carbons (Fsp3) is 0.429. The topological polar surface area (TPSA) is 72.7 Å². The molecular weight excluding hydrogens is 311 g/mol. The smallest absolute Gasteiger partial charge is 0.348 e. The van der Waals surface area contributed by atoms with Gasteiger partial charge >= 0.3 is 6.18 Å². The summed E-state index contributed by atoms with van der Waals surface area (Å²) in [7, 11) is 0. The van der Waals surface area contributed by atoms with Crippen molar-refractivity contribution in [2.75, 3.05) is 0 Å². The number of halogens is 3. The molecule has 0 radical (unpaired) electrons. The summed E-state index contributed by atoms with van der Waals surface area (Å²) in [6, 6.07) is 2.01. The van der Waals surface area contributed by atoms with E-state index in [0.717, 1.165) is 16.8 Å². The molecule has 0 saturated heterocycles. The van der Waals surface area contributed by atoms with Crippen molar-refractivity contribution in [2.24, 2.45) is 5.92 Å². The normalized spacial score (nSPS) is 13.2. The van der Waals surface area contributed by atoms with E-state index in [1.165, 1.54) is 6.20 Å². The highest BCUT2D eigenvalue weighted by molar-refractivity contribution is 5.92. The average molecular weight is 327 g/mol. The largest absolute Gasteiger partial charge is 0.417 e. The Bertz CT molecular complexity index is 678. The first-order valence-electron chi connectivity index (χ1n) is 6.95. The third-order valence-corrected chi connectivity index (χ3v) is 3.39. The van der Waals surface area contributed by atoms with Gasteiger partial charge in [0, 0.05) is 12.2 Å². The molecule has 2 rings (SSSR count). The van der Waals surface area contributed by atoms with Gasteiger partial charge in [0.05, 0.1) is 11.8 Å². The Morgan fingerprint density at radius 2 is 1.96 bits per heavy atom. The standard InChI is InChI=1S/C14H16F3N5O/c1-8(2)9(3)19-13(23)11-7-22(21-20-11)12-5-4-10(6-18-12)14(15,16)17/h4-9H,1-3H3,(H,19,23)/t9-/m1/s1. The molecule has 2 aromatic rings. The van der Waals surface area contributed by atoms with Gasteiger partial charge in [-0.3, -0.25) is 4.79 Å². The van der Waals surface area contributed by atoms with Crippen LogP contribution in [0.1, 0.15) is 36.8 Å². The van der Waals surface area contributed by atoms with Crippen molar-refractivity contribution in [3.05, 3.63) is 35.8 Å². The first-order valence-corrected chi connectivity index (χ1v) is 6.95. The van der Waals surface area contributed by atoms with Crippen molar-refractivity contribution in [2.45, 2.75) is 33.0 Å². The number of amides is 1. The van der Waals surface area contributed by atoms with Gasteiger partial charge in [-0.1, -0.05) is 19.1 Å². The molecule has 0 aliphatic carbocycles. The Hall–Kier alpha value is -2.45. The highest BCUT2D eigenvalue weighted by atomic mass is 19.4. The first kappa shape index (κ1) is 16.9. The van der Waals surface area contributed by atoms with Crippen LogP contribution in [0.4, 0.5) is 13.2 Å². The average Bonchev–Trinajstić information content (AvgIpc) is 2.96. The van der Waals surface area contributed by atoms with Crippen LogP contribution in [-0.4, -0.2) is 31.9 Å². The number of pyridine rings is 1. The number of carbonyl (C=O) groups excluding carboxylic acids is 1. The van der Waals surface area contributed by atoms with E-state index in [1.54, 1.807) is 0 Å². The molecule has 0 aromatic carbocycles. The molecule has 1 amide bonds. The van der Waals surface area contributed by atoms with Gasteiger partial charge in [-0.05, 0) is 25.0 Å². The molecular formula is C14H16F3N5O. The van der Waals surface area contributed by atoms with Crippen LogP contribution in [0.3, 0.4) is 0 Å². The summed E-state index contributed by atoms with van der Waals surface area (Å²) >= 11 is 0. The summed E-state index contributed by atoms with van der Waals surface area (Å²) in [6.07, 6.45) is -2.43. The van der Waals surface area contributed by atoms with Crippen molar-refractivity contribution in [3.8, 4) is 5.82 Å². The molecule has 124 valence electrons. The first-order chi connectivity index (χ1) is 10.7. The number of carbonyl (C=O) groups is 1. The Labute approximate surface area is 130 Å². The molecule has 0 spiro atoms. The zero-order valence-electron chi connectivity index (χ0n) is 12.8. The fourth-order valence-corrected chi connectivity index (χ4v) is 1.62. The third-order valence-electron chi connectivity index (χ3n) is 3.39. The van der Waals surface area contributed by atoms with Crippen molar-refractivity contribution >= 4 is 5.91 Å². The maximum Gasteiger partial charge on any atom is 0.417 e. The second-order valence-corrected chi connectivity index (χ2v) is 5.46. The zero-order valence-corrected chi connectivity index (χ0v) is 12.8. The molecule has 0 aliphatic heterocycles. The molecule has 2 heterocycles. The lowest BCUT2D eigenvalue weighted by Crippen LogP contribution is -2.36. The number of hydrogen-bond donors (Lipinski definition) is 1. The van der Waals surface area contributed by atoms with Gasteiger partial charge in [0.25, 0.3) is 5.91 Å². The molecule has 9 heteroatoms. The number of rotatable bonds is 4. The van der Waals surface area contributed by atoms with Crippen molar-refractivity contribution in [3.63, 3.8) is 0 Å². The number of alkyl halides is 3. The Balaban J connectivity index is 2.14. The SMILES string of the molecule is CC(C)[C@@H](C)NC(=O)c1cn(-c2ccc(C(F)(F)F)cn2)nn1. The number of hydrogen-bond acceptors (Lipinski definition) is 4. The minimum atomic E-state index is -4.45. The van der Waals surface area contributed by atoms with Gasteiger partial charge in [-0.2, -0.15) is 13.2 Å². The Morgan fingerprint density at radius 3 is 2.48 bits per heavy atom. The summed E-state index contributed by atoms with van der Waals surface area (Å²) in [4.78, 5) is 15.7. The van der Waals surface area contributed by atoms with E-state index in [1.807, 2.05) is 20.8 Å². The zero-order chi connectivity index (χ0) is 17.2. The van der Waals surface area contributed by atoms with Crippen LogP contribution in [0.2, 0.25) is 0 Å². The van der Waals surface area contributed by atoms with Crippen LogP contribution >= 0.6 is 0 Å². The van der Waals surface area contributed by atoms with Crippen LogP contribution in [0, 0.1) is 5.92 Å². The van der Waals surface area contributed by atoms with Crippen LogP contribution in [0.25, 0.3) is 5.82 Å². The van der Waals surface area contributed by atoms with Crippen molar-refractivity contribution in [1.29, 1.82) is 0 Å². The van der Waals surface area contributed by atoms with Gasteiger partial charge in [-0.15, -0.1) is 5.10 Å². The van der Waals surface area contributed by atoms with E-state index in [-0.39, 0.29) is 23.5 Å². The van der Waals surface area contributed by atoms with Crippen LogP contribution in [0.5, 0.6) is 0 Å². The molecule has 23 heavy (non-hydrogen) atoms. The summed E-state index contributed by atoms with van der Waals surface area (Å²) < 4.78 is 38.6. The molecule has 0 bridgehead atoms. The maximum absolute atomic E-state index is 12.5.